The zero-order chi connectivity index (χ0) is 24.7. The van der Waals surface area contributed by atoms with Crippen molar-refractivity contribution >= 4 is 34.1 Å². The van der Waals surface area contributed by atoms with Gasteiger partial charge < -0.3 is 5.32 Å². The van der Waals surface area contributed by atoms with Gasteiger partial charge in [-0.15, -0.1) is 5.10 Å². The third-order valence-electron chi connectivity index (χ3n) is 6.01. The van der Waals surface area contributed by atoms with E-state index in [1.807, 2.05) is 56.3 Å². The summed E-state index contributed by atoms with van der Waals surface area (Å²) in [6.07, 6.45) is 0. The Balaban J connectivity index is 1.62. The van der Waals surface area contributed by atoms with Crippen molar-refractivity contribution in [3.05, 3.63) is 105 Å². The molecule has 35 heavy (non-hydrogen) atoms. The molecule has 3 aromatic carbocycles. The second-order valence-electron chi connectivity index (χ2n) is 8.57. The fraction of sp³-hybridized carbons (Fsp3) is 0.148. The van der Waals surface area contributed by atoms with Gasteiger partial charge in [0.2, 0.25) is 11.5 Å². The Hall–Kier alpha value is -4.59. The van der Waals surface area contributed by atoms with E-state index in [-0.39, 0.29) is 22.8 Å². The van der Waals surface area contributed by atoms with Crippen molar-refractivity contribution in [3.63, 3.8) is 0 Å². The fourth-order valence-corrected chi connectivity index (χ4v) is 4.09. The van der Waals surface area contributed by atoms with Gasteiger partial charge in [-0.05, 0) is 61.7 Å². The molecule has 0 aliphatic heterocycles. The van der Waals surface area contributed by atoms with Crippen LogP contribution in [-0.4, -0.2) is 30.9 Å². The number of nitrogens with one attached hydrogen (secondary N) is 1. The molecule has 0 aliphatic carbocycles. The molecule has 8 nitrogen and oxygen atoms in total. The predicted molar refractivity (Wildman–Crippen MR) is 134 cm³/mol. The van der Waals surface area contributed by atoms with E-state index in [9.17, 15) is 14.4 Å². The van der Waals surface area contributed by atoms with Crippen LogP contribution in [0.1, 0.15) is 44.6 Å². The summed E-state index contributed by atoms with van der Waals surface area (Å²) in [7, 11) is 0. The minimum atomic E-state index is -0.570. The van der Waals surface area contributed by atoms with E-state index in [0.717, 1.165) is 16.7 Å². The van der Waals surface area contributed by atoms with Gasteiger partial charge in [0.15, 0.2) is 5.78 Å². The highest BCUT2D eigenvalue weighted by Gasteiger charge is 2.20. The van der Waals surface area contributed by atoms with Crippen LogP contribution in [0.2, 0.25) is 0 Å². The molecular formula is C27H23N5O3. The maximum atomic E-state index is 13.6. The third kappa shape index (κ3) is 4.10. The average molecular weight is 466 g/mol. The summed E-state index contributed by atoms with van der Waals surface area (Å²) in [5.41, 5.74) is 5.12. The number of carbonyl (C=O) groups is 2. The number of hydrogen-bond donors (Lipinski definition) is 1. The van der Waals surface area contributed by atoms with Gasteiger partial charge >= 0.3 is 0 Å². The normalized spacial score (nSPS) is 11.2. The molecular weight excluding hydrogens is 442 g/mol. The maximum Gasteiger partial charge on any atom is 0.296 e. The van der Waals surface area contributed by atoms with Crippen LogP contribution < -0.4 is 10.9 Å². The summed E-state index contributed by atoms with van der Waals surface area (Å²) in [6.45, 7) is 5.79. The molecule has 0 atom stereocenters. The molecule has 0 spiro atoms. The molecule has 174 valence electrons. The zero-order valence-electron chi connectivity index (χ0n) is 19.6. The van der Waals surface area contributed by atoms with Gasteiger partial charge in [0.1, 0.15) is 0 Å². The smallest absolute Gasteiger partial charge is 0.296 e. The van der Waals surface area contributed by atoms with Gasteiger partial charge in [0.25, 0.3) is 11.5 Å². The largest absolute Gasteiger partial charge is 0.319 e. The standard InChI is InChI=1S/C27H23N5O3/c1-16-11-12-22-23(13-16)31(15-20-8-5-4-7-17(20)2)27(35)25-29-24(30-32(22)25)26(34)28-21-10-6-9-19(14-21)18(3)33/h4-14H,15H2,1-3H3,(H,28,34). The number of aromatic nitrogens is 4. The maximum absolute atomic E-state index is 13.6. The van der Waals surface area contributed by atoms with Crippen molar-refractivity contribution in [1.82, 2.24) is 19.2 Å². The first-order valence-corrected chi connectivity index (χ1v) is 11.2. The van der Waals surface area contributed by atoms with Crippen LogP contribution in [0, 0.1) is 13.8 Å². The second-order valence-corrected chi connectivity index (χ2v) is 8.57. The Kier molecular flexibility index (Phi) is 5.49. The van der Waals surface area contributed by atoms with Crippen LogP contribution in [0.3, 0.4) is 0 Å². The van der Waals surface area contributed by atoms with E-state index in [4.69, 9.17) is 0 Å². The zero-order valence-corrected chi connectivity index (χ0v) is 19.6. The van der Waals surface area contributed by atoms with Gasteiger partial charge in [0.05, 0.1) is 17.6 Å². The van der Waals surface area contributed by atoms with Crippen LogP contribution >= 0.6 is 0 Å². The Morgan fingerprint density at radius 2 is 1.74 bits per heavy atom. The lowest BCUT2D eigenvalue weighted by Crippen LogP contribution is -2.24. The number of amides is 1. The summed E-state index contributed by atoms with van der Waals surface area (Å²) < 4.78 is 3.10. The minimum absolute atomic E-state index is 0.0672. The van der Waals surface area contributed by atoms with Gasteiger partial charge in [-0.2, -0.15) is 4.98 Å². The van der Waals surface area contributed by atoms with Crippen molar-refractivity contribution in [1.29, 1.82) is 0 Å². The monoisotopic (exact) mass is 465 g/mol. The van der Waals surface area contributed by atoms with Crippen molar-refractivity contribution in [3.8, 4) is 0 Å². The number of ketones is 1. The lowest BCUT2D eigenvalue weighted by Gasteiger charge is -2.13. The number of hydrogen-bond acceptors (Lipinski definition) is 5. The highest BCUT2D eigenvalue weighted by atomic mass is 16.2. The average Bonchev–Trinajstić information content (AvgIpc) is 3.29. The second kappa shape index (κ2) is 8.64. The summed E-state index contributed by atoms with van der Waals surface area (Å²) in [5, 5.41) is 7.08. The van der Waals surface area contributed by atoms with E-state index in [2.05, 4.69) is 15.4 Å². The van der Waals surface area contributed by atoms with E-state index >= 15 is 0 Å². The van der Waals surface area contributed by atoms with E-state index in [1.54, 1.807) is 28.8 Å². The molecule has 0 aliphatic rings. The quantitative estimate of drug-likeness (QED) is 0.393. The van der Waals surface area contributed by atoms with Crippen molar-refractivity contribution in [2.24, 2.45) is 0 Å². The first kappa shape index (κ1) is 22.2. The predicted octanol–water partition coefficient (Wildman–Crippen LogP) is 4.16. The molecule has 5 aromatic rings. The molecule has 0 fully saturated rings. The van der Waals surface area contributed by atoms with Gasteiger partial charge in [-0.3, -0.25) is 19.0 Å². The lowest BCUT2D eigenvalue weighted by molar-refractivity contribution is 0.100. The van der Waals surface area contributed by atoms with Crippen molar-refractivity contribution in [2.45, 2.75) is 27.3 Å². The summed E-state index contributed by atoms with van der Waals surface area (Å²) in [4.78, 5) is 42.5. The number of nitrogens with zero attached hydrogens (tertiary/aromatic N) is 4. The van der Waals surface area contributed by atoms with Crippen molar-refractivity contribution < 1.29 is 9.59 Å². The number of benzene rings is 3. The van der Waals surface area contributed by atoms with Crippen molar-refractivity contribution in [2.75, 3.05) is 5.32 Å². The molecule has 0 unspecified atom stereocenters. The lowest BCUT2D eigenvalue weighted by atomic mass is 10.1. The van der Waals surface area contributed by atoms with Crippen LogP contribution in [0.4, 0.5) is 5.69 Å². The topological polar surface area (TPSA) is 98.4 Å². The summed E-state index contributed by atoms with van der Waals surface area (Å²) in [5.74, 6) is -0.812. The molecule has 1 N–H and O–H groups in total. The van der Waals surface area contributed by atoms with Gasteiger partial charge in [-0.25, -0.2) is 4.52 Å². The van der Waals surface area contributed by atoms with Crippen LogP contribution in [0.25, 0.3) is 16.7 Å². The number of Topliss-reactive ketones (excluding diaryl/α,β-unsaturated/α-hetero) is 1. The Bertz CT molecular complexity index is 1700. The number of fused-ring (bicyclic) bond motifs is 3. The van der Waals surface area contributed by atoms with E-state index < -0.39 is 5.91 Å². The number of aryl methyl sites for hydroxylation is 2. The Morgan fingerprint density at radius 3 is 2.51 bits per heavy atom. The molecule has 0 bridgehead atoms. The highest BCUT2D eigenvalue weighted by molar-refractivity contribution is 6.03. The molecule has 8 heteroatoms. The first-order valence-electron chi connectivity index (χ1n) is 11.2. The summed E-state index contributed by atoms with van der Waals surface area (Å²) >= 11 is 0. The number of rotatable bonds is 5. The molecule has 0 saturated heterocycles. The van der Waals surface area contributed by atoms with E-state index in [0.29, 0.717) is 28.8 Å². The Labute approximate surface area is 200 Å². The van der Waals surface area contributed by atoms with E-state index in [1.165, 1.54) is 11.4 Å². The number of anilines is 1. The molecule has 2 heterocycles. The molecule has 2 aromatic heterocycles. The molecule has 1 amide bonds. The summed E-state index contributed by atoms with van der Waals surface area (Å²) in [6, 6.07) is 20.3. The SMILES string of the molecule is CC(=O)c1cccc(NC(=O)c2nc3c(=O)n(Cc4ccccc4C)c4cc(C)ccc4n3n2)c1. The van der Waals surface area contributed by atoms with Gasteiger partial charge in [0, 0.05) is 11.3 Å². The number of carbonyl (C=O) groups excluding carboxylic acids is 2. The first-order chi connectivity index (χ1) is 16.8. The van der Waals surface area contributed by atoms with Crippen LogP contribution in [0.5, 0.6) is 0 Å². The Morgan fingerprint density at radius 1 is 0.943 bits per heavy atom. The molecule has 0 saturated carbocycles. The van der Waals surface area contributed by atoms with Crippen LogP contribution in [0.15, 0.2) is 71.5 Å². The van der Waals surface area contributed by atoms with Crippen LogP contribution in [-0.2, 0) is 6.54 Å². The molecule has 5 rings (SSSR count). The molecule has 0 radical (unpaired) electrons. The fourth-order valence-electron chi connectivity index (χ4n) is 4.09. The van der Waals surface area contributed by atoms with Gasteiger partial charge in [-0.1, -0.05) is 42.5 Å². The highest BCUT2D eigenvalue weighted by Crippen LogP contribution is 2.19. The minimum Gasteiger partial charge on any atom is -0.319 e. The third-order valence-corrected chi connectivity index (χ3v) is 6.01.